The van der Waals surface area contributed by atoms with E-state index >= 15 is 0 Å². The van der Waals surface area contributed by atoms with Crippen LogP contribution in [0, 0.1) is 22.6 Å². The second-order valence-corrected chi connectivity index (χ2v) is 6.34. The van der Waals surface area contributed by atoms with Gasteiger partial charge < -0.3 is 20.9 Å². The van der Waals surface area contributed by atoms with Crippen molar-refractivity contribution < 1.29 is 23.8 Å². The number of carbonyl (C=O) groups is 2. The molecule has 0 aliphatic rings. The van der Waals surface area contributed by atoms with Crippen molar-refractivity contribution in [2.24, 2.45) is 11.1 Å². The fraction of sp³-hybridized carbons (Fsp3) is 0.438. The first kappa shape index (κ1) is 19.4. The molecule has 130 valence electrons. The molecule has 0 spiro atoms. The maximum atomic E-state index is 13.8. The van der Waals surface area contributed by atoms with E-state index in [1.54, 1.807) is 26.8 Å². The van der Waals surface area contributed by atoms with Gasteiger partial charge in [-0.25, -0.2) is 9.18 Å². The lowest BCUT2D eigenvalue weighted by molar-refractivity contribution is -0.126. The molecular formula is C16H20FN3O4. The number of aliphatic hydroxyl groups is 1. The quantitative estimate of drug-likeness (QED) is 0.756. The van der Waals surface area contributed by atoms with Gasteiger partial charge in [-0.1, -0.05) is 20.8 Å². The van der Waals surface area contributed by atoms with E-state index in [0.717, 1.165) is 6.07 Å². The van der Waals surface area contributed by atoms with E-state index in [1.165, 1.54) is 12.1 Å². The van der Waals surface area contributed by atoms with Gasteiger partial charge in [0.1, 0.15) is 5.82 Å². The van der Waals surface area contributed by atoms with Crippen LogP contribution in [-0.4, -0.2) is 29.3 Å². The molecule has 2 amide bonds. The summed E-state index contributed by atoms with van der Waals surface area (Å²) in [4.78, 5) is 23.2. The monoisotopic (exact) mass is 337 g/mol. The zero-order valence-electron chi connectivity index (χ0n) is 13.7. The number of halogens is 1. The number of nitriles is 1. The molecular weight excluding hydrogens is 317 g/mol. The Labute approximate surface area is 139 Å². The summed E-state index contributed by atoms with van der Waals surface area (Å²) in [7, 11) is 0. The molecule has 1 rings (SSSR count). The molecule has 4 N–H and O–H groups in total. The molecule has 0 heterocycles. The molecule has 0 aromatic heterocycles. The van der Waals surface area contributed by atoms with Gasteiger partial charge in [0.05, 0.1) is 23.4 Å². The predicted octanol–water partition coefficient (Wildman–Crippen LogP) is 1.90. The lowest BCUT2D eigenvalue weighted by Gasteiger charge is -2.28. The molecule has 7 nitrogen and oxygen atoms in total. The lowest BCUT2D eigenvalue weighted by Crippen LogP contribution is -2.40. The fourth-order valence-electron chi connectivity index (χ4n) is 1.80. The largest absolute Gasteiger partial charge is 0.436 e. The summed E-state index contributed by atoms with van der Waals surface area (Å²) in [5.41, 5.74) is 4.31. The van der Waals surface area contributed by atoms with Crippen molar-refractivity contribution in [1.29, 1.82) is 5.26 Å². The van der Waals surface area contributed by atoms with E-state index in [0.29, 0.717) is 0 Å². The Balaban J connectivity index is 2.92. The third-order valence-electron chi connectivity index (χ3n) is 3.34. The molecule has 1 unspecified atom stereocenters. The second kappa shape index (κ2) is 7.75. The fourth-order valence-corrected chi connectivity index (χ4v) is 1.80. The van der Waals surface area contributed by atoms with Gasteiger partial charge in [-0.2, -0.15) is 5.26 Å². The van der Waals surface area contributed by atoms with E-state index in [4.69, 9.17) is 15.7 Å². The Bertz CT molecular complexity index is 664. The van der Waals surface area contributed by atoms with Crippen LogP contribution in [-0.2, 0) is 9.53 Å². The maximum Gasteiger partial charge on any atom is 0.405 e. The number of ether oxygens (including phenoxy) is 1. The molecule has 1 aromatic rings. The normalized spacial score (nSPS) is 13.5. The Kier molecular flexibility index (Phi) is 6.26. The van der Waals surface area contributed by atoms with E-state index in [2.05, 4.69) is 5.32 Å². The predicted molar refractivity (Wildman–Crippen MR) is 84.3 cm³/mol. The van der Waals surface area contributed by atoms with Gasteiger partial charge in [0.15, 0.2) is 6.10 Å². The minimum Gasteiger partial charge on any atom is -0.436 e. The minimum absolute atomic E-state index is 0.0959. The van der Waals surface area contributed by atoms with Gasteiger partial charge in [0, 0.05) is 6.42 Å². The van der Waals surface area contributed by atoms with Gasteiger partial charge in [-0.15, -0.1) is 0 Å². The highest BCUT2D eigenvalue weighted by molar-refractivity contribution is 5.95. The summed E-state index contributed by atoms with van der Waals surface area (Å²) in [6.07, 6.45) is -3.72. The van der Waals surface area contributed by atoms with Crippen LogP contribution in [0.5, 0.6) is 0 Å². The molecule has 0 aliphatic heterocycles. The number of nitrogens with zero attached hydrogens (tertiary/aromatic N) is 1. The highest BCUT2D eigenvalue weighted by Crippen LogP contribution is 2.24. The average Bonchev–Trinajstić information content (AvgIpc) is 2.46. The molecule has 2 atom stereocenters. The topological polar surface area (TPSA) is 125 Å². The Hall–Kier alpha value is -2.66. The SMILES string of the molecule is CC(C)(C)C(O)C[C@H](OC(N)=O)C(=O)Nc1ccc(C#N)cc1F. The molecule has 8 heteroatoms. The van der Waals surface area contributed by atoms with Gasteiger partial charge in [0.25, 0.3) is 5.91 Å². The number of hydrogen-bond acceptors (Lipinski definition) is 5. The molecule has 24 heavy (non-hydrogen) atoms. The number of carbonyl (C=O) groups excluding carboxylic acids is 2. The molecule has 0 saturated heterocycles. The number of nitrogens with one attached hydrogen (secondary N) is 1. The number of amides is 2. The second-order valence-electron chi connectivity index (χ2n) is 6.34. The van der Waals surface area contributed by atoms with Crippen molar-refractivity contribution >= 4 is 17.7 Å². The summed E-state index contributed by atoms with van der Waals surface area (Å²) < 4.78 is 18.6. The van der Waals surface area contributed by atoms with E-state index in [1.807, 2.05) is 0 Å². The molecule has 0 saturated carbocycles. The van der Waals surface area contributed by atoms with E-state index in [-0.39, 0.29) is 17.7 Å². The van der Waals surface area contributed by atoms with Crippen molar-refractivity contribution in [3.63, 3.8) is 0 Å². The molecule has 0 fully saturated rings. The van der Waals surface area contributed by atoms with E-state index < -0.39 is 35.4 Å². The van der Waals surface area contributed by atoms with Crippen molar-refractivity contribution in [1.82, 2.24) is 0 Å². The number of benzene rings is 1. The first-order chi connectivity index (χ1) is 11.0. The maximum absolute atomic E-state index is 13.8. The van der Waals surface area contributed by atoms with Crippen LogP contribution in [0.15, 0.2) is 18.2 Å². The molecule has 0 bridgehead atoms. The molecule has 0 aliphatic carbocycles. The number of hydrogen-bond donors (Lipinski definition) is 3. The number of nitrogens with two attached hydrogens (primary N) is 1. The van der Waals surface area contributed by atoms with Crippen LogP contribution < -0.4 is 11.1 Å². The first-order valence-electron chi connectivity index (χ1n) is 7.19. The van der Waals surface area contributed by atoms with Crippen molar-refractivity contribution in [3.8, 4) is 6.07 Å². The Morgan fingerprint density at radius 1 is 1.46 bits per heavy atom. The number of anilines is 1. The van der Waals surface area contributed by atoms with Crippen molar-refractivity contribution in [2.75, 3.05) is 5.32 Å². The number of primary amides is 1. The van der Waals surface area contributed by atoms with Gasteiger partial charge in [0.2, 0.25) is 0 Å². The molecule has 0 radical (unpaired) electrons. The summed E-state index contributed by atoms with van der Waals surface area (Å²) >= 11 is 0. The minimum atomic E-state index is -1.38. The van der Waals surface area contributed by atoms with Gasteiger partial charge >= 0.3 is 6.09 Å². The van der Waals surface area contributed by atoms with Crippen LogP contribution in [0.3, 0.4) is 0 Å². The highest BCUT2D eigenvalue weighted by Gasteiger charge is 2.31. The van der Waals surface area contributed by atoms with Crippen molar-refractivity contribution in [2.45, 2.75) is 39.4 Å². The highest BCUT2D eigenvalue weighted by atomic mass is 19.1. The van der Waals surface area contributed by atoms with Gasteiger partial charge in [-0.3, -0.25) is 4.79 Å². The summed E-state index contributed by atoms with van der Waals surface area (Å²) in [5.74, 6) is -1.64. The zero-order chi connectivity index (χ0) is 18.5. The molecule has 1 aromatic carbocycles. The summed E-state index contributed by atoms with van der Waals surface area (Å²) in [5, 5.41) is 21.0. The van der Waals surface area contributed by atoms with E-state index in [9.17, 15) is 19.1 Å². The standard InChI is InChI=1S/C16H20FN3O4/c1-16(2,3)13(21)7-12(24-15(19)23)14(22)20-11-5-4-9(8-18)6-10(11)17/h4-6,12-13,21H,7H2,1-3H3,(H2,19,23)(H,20,22)/t12-,13?/m0/s1. The van der Waals surface area contributed by atoms with Crippen LogP contribution in [0.2, 0.25) is 0 Å². The van der Waals surface area contributed by atoms with Crippen LogP contribution in [0.1, 0.15) is 32.8 Å². The van der Waals surface area contributed by atoms with Crippen LogP contribution >= 0.6 is 0 Å². The third kappa shape index (κ3) is 5.52. The Morgan fingerprint density at radius 2 is 2.08 bits per heavy atom. The van der Waals surface area contributed by atoms with Crippen LogP contribution in [0.25, 0.3) is 0 Å². The van der Waals surface area contributed by atoms with Gasteiger partial charge in [-0.05, 0) is 23.6 Å². The lowest BCUT2D eigenvalue weighted by atomic mass is 9.86. The first-order valence-corrected chi connectivity index (χ1v) is 7.19. The van der Waals surface area contributed by atoms with Crippen molar-refractivity contribution in [3.05, 3.63) is 29.6 Å². The number of aliphatic hydroxyl groups excluding tert-OH is 1. The smallest absolute Gasteiger partial charge is 0.405 e. The average molecular weight is 337 g/mol. The summed E-state index contributed by atoms with van der Waals surface area (Å²) in [6.45, 7) is 5.24. The third-order valence-corrected chi connectivity index (χ3v) is 3.34. The zero-order valence-corrected chi connectivity index (χ0v) is 13.7. The van der Waals surface area contributed by atoms with Crippen LogP contribution in [0.4, 0.5) is 14.9 Å². The summed E-state index contributed by atoms with van der Waals surface area (Å²) in [6, 6.07) is 5.27. The Morgan fingerprint density at radius 3 is 2.54 bits per heavy atom. The number of rotatable bonds is 5.